The first-order chi connectivity index (χ1) is 10.5. The molecular formula is C12H19N5O4S. The average Bonchev–Trinajstić information content (AvgIpc) is 2.96. The van der Waals surface area contributed by atoms with Crippen LogP contribution in [0.15, 0.2) is 35.2 Å². The molecule has 2 unspecified atom stereocenters. The Kier molecular flexibility index (Phi) is 5.83. The zero-order chi connectivity index (χ0) is 16.0. The van der Waals surface area contributed by atoms with E-state index in [1.807, 2.05) is 0 Å². The molecule has 0 bridgehead atoms. The molecule has 1 heterocycles. The zero-order valence-electron chi connectivity index (χ0n) is 12.0. The number of hydrogen-bond donors (Lipinski definition) is 5. The third kappa shape index (κ3) is 4.22. The maximum atomic E-state index is 12.3. The first-order valence-electron chi connectivity index (χ1n) is 6.64. The molecule has 0 saturated carbocycles. The largest absolute Gasteiger partial charge is 0.383 e. The van der Waals surface area contributed by atoms with E-state index in [0.29, 0.717) is 13.2 Å². The van der Waals surface area contributed by atoms with Crippen molar-refractivity contribution < 1.29 is 17.9 Å². The van der Waals surface area contributed by atoms with E-state index in [2.05, 4.69) is 26.4 Å². The molecule has 1 aromatic carbocycles. The van der Waals surface area contributed by atoms with E-state index in [1.165, 1.54) is 19.2 Å². The predicted molar refractivity (Wildman–Crippen MR) is 78.6 cm³/mol. The van der Waals surface area contributed by atoms with Crippen molar-refractivity contribution in [1.29, 1.82) is 0 Å². The molecule has 0 aliphatic carbocycles. The van der Waals surface area contributed by atoms with E-state index < -0.39 is 22.2 Å². The van der Waals surface area contributed by atoms with E-state index in [-0.39, 0.29) is 10.8 Å². The Hall–Kier alpha value is -1.56. The van der Waals surface area contributed by atoms with Crippen LogP contribution in [-0.2, 0) is 19.6 Å². The van der Waals surface area contributed by atoms with Gasteiger partial charge in [0, 0.05) is 13.7 Å². The fraction of sp³-hybridized carbons (Fsp3) is 0.417. The summed E-state index contributed by atoms with van der Waals surface area (Å²) in [5.41, 5.74) is 7.88. The molecule has 1 amide bonds. The van der Waals surface area contributed by atoms with Gasteiger partial charge < -0.3 is 10.1 Å². The van der Waals surface area contributed by atoms with E-state index in [9.17, 15) is 13.2 Å². The van der Waals surface area contributed by atoms with Crippen LogP contribution in [0.25, 0.3) is 0 Å². The highest BCUT2D eigenvalue weighted by molar-refractivity contribution is 7.89. The third-order valence-electron chi connectivity index (χ3n) is 3.01. The van der Waals surface area contributed by atoms with Crippen molar-refractivity contribution >= 4 is 15.9 Å². The molecule has 2 rings (SSSR count). The molecule has 9 nitrogen and oxygen atoms in total. The number of benzene rings is 1. The summed E-state index contributed by atoms with van der Waals surface area (Å²) in [5, 5.41) is 2.64. The molecule has 2 atom stereocenters. The Morgan fingerprint density at radius 3 is 2.68 bits per heavy atom. The van der Waals surface area contributed by atoms with E-state index in [1.54, 1.807) is 18.2 Å². The van der Waals surface area contributed by atoms with Gasteiger partial charge >= 0.3 is 0 Å². The summed E-state index contributed by atoms with van der Waals surface area (Å²) in [5.74, 6) is -0.352. The lowest BCUT2D eigenvalue weighted by Gasteiger charge is -2.18. The number of carbonyl (C=O) groups is 1. The van der Waals surface area contributed by atoms with Gasteiger partial charge in [-0.25, -0.2) is 19.3 Å². The Labute approximate surface area is 128 Å². The number of nitrogens with one attached hydrogen (secondary N) is 5. The first-order valence-corrected chi connectivity index (χ1v) is 8.13. The van der Waals surface area contributed by atoms with Crippen LogP contribution >= 0.6 is 0 Å². The normalized spacial score (nSPS) is 21.7. The number of rotatable bonds is 7. The van der Waals surface area contributed by atoms with Crippen LogP contribution in [0.1, 0.15) is 0 Å². The van der Waals surface area contributed by atoms with Crippen LogP contribution in [-0.4, -0.2) is 46.8 Å². The molecular weight excluding hydrogens is 310 g/mol. The van der Waals surface area contributed by atoms with Gasteiger partial charge in [-0.1, -0.05) is 18.2 Å². The van der Waals surface area contributed by atoms with E-state index in [0.717, 1.165) is 0 Å². The minimum Gasteiger partial charge on any atom is -0.383 e. The number of hydrogen-bond acceptors (Lipinski definition) is 7. The second-order valence-electron chi connectivity index (χ2n) is 4.59. The van der Waals surface area contributed by atoms with Gasteiger partial charge in [-0.2, -0.15) is 10.3 Å². The van der Waals surface area contributed by atoms with Crippen molar-refractivity contribution in [2.75, 3.05) is 20.3 Å². The Morgan fingerprint density at radius 1 is 1.27 bits per heavy atom. The number of carbonyl (C=O) groups excluding carboxylic acids is 1. The number of methoxy groups -OCH3 is 1. The van der Waals surface area contributed by atoms with Gasteiger partial charge in [0.1, 0.15) is 12.2 Å². The number of hydrazine groups is 2. The topological polar surface area (TPSA) is 121 Å². The second kappa shape index (κ2) is 7.63. The number of amides is 1. The van der Waals surface area contributed by atoms with Gasteiger partial charge in [-0.15, -0.1) is 0 Å². The maximum absolute atomic E-state index is 12.3. The highest BCUT2D eigenvalue weighted by Crippen LogP contribution is 2.09. The standard InChI is InChI=1S/C12H19N5O4S/c1-21-8-7-13-12(18)10-11(15-17-14-10)16-22(19,20)9-5-3-2-4-6-9/h2-6,10-11,14-17H,7-8H2,1H3,(H,13,18). The molecule has 0 aromatic heterocycles. The molecule has 1 saturated heterocycles. The van der Waals surface area contributed by atoms with Gasteiger partial charge in [0.25, 0.3) is 0 Å². The van der Waals surface area contributed by atoms with Crippen LogP contribution in [0.2, 0.25) is 0 Å². The summed E-state index contributed by atoms with van der Waals surface area (Å²) < 4.78 is 31.8. The monoisotopic (exact) mass is 329 g/mol. The molecule has 0 spiro atoms. The average molecular weight is 329 g/mol. The summed E-state index contributed by atoms with van der Waals surface area (Å²) in [6, 6.07) is 7.14. The van der Waals surface area contributed by atoms with Crippen LogP contribution in [0, 0.1) is 0 Å². The first kappa shape index (κ1) is 16.8. The fourth-order valence-corrected chi connectivity index (χ4v) is 3.08. The lowest BCUT2D eigenvalue weighted by molar-refractivity contribution is -0.123. The van der Waals surface area contributed by atoms with Gasteiger partial charge in [0.15, 0.2) is 0 Å². The quantitative estimate of drug-likeness (QED) is 0.368. The number of sulfonamides is 1. The molecule has 1 fully saturated rings. The van der Waals surface area contributed by atoms with Crippen molar-refractivity contribution in [1.82, 2.24) is 26.4 Å². The third-order valence-corrected chi connectivity index (χ3v) is 4.47. The molecule has 5 N–H and O–H groups in total. The molecule has 1 aliphatic rings. The fourth-order valence-electron chi connectivity index (χ4n) is 1.90. The molecule has 1 aliphatic heterocycles. The highest BCUT2D eigenvalue weighted by atomic mass is 32.2. The lowest BCUT2D eigenvalue weighted by atomic mass is 10.2. The minimum atomic E-state index is -3.73. The van der Waals surface area contributed by atoms with Crippen LogP contribution < -0.4 is 26.4 Å². The SMILES string of the molecule is COCCNC(=O)C1NNNC1NS(=O)(=O)c1ccccc1. The highest BCUT2D eigenvalue weighted by Gasteiger charge is 2.35. The van der Waals surface area contributed by atoms with Crippen molar-refractivity contribution in [3.05, 3.63) is 30.3 Å². The van der Waals surface area contributed by atoms with Crippen LogP contribution in [0.5, 0.6) is 0 Å². The minimum absolute atomic E-state index is 0.127. The van der Waals surface area contributed by atoms with Crippen molar-refractivity contribution in [3.63, 3.8) is 0 Å². The van der Waals surface area contributed by atoms with E-state index in [4.69, 9.17) is 4.74 Å². The predicted octanol–water partition coefficient (Wildman–Crippen LogP) is -1.97. The summed E-state index contributed by atoms with van der Waals surface area (Å²) in [6.07, 6.45) is -0.826. The second-order valence-corrected chi connectivity index (χ2v) is 6.30. The summed E-state index contributed by atoms with van der Waals surface area (Å²) in [7, 11) is -2.20. The van der Waals surface area contributed by atoms with Crippen molar-refractivity contribution in [2.24, 2.45) is 0 Å². The molecule has 10 heteroatoms. The Bertz CT molecular complexity index is 595. The zero-order valence-corrected chi connectivity index (χ0v) is 12.8. The van der Waals surface area contributed by atoms with Gasteiger partial charge in [0.2, 0.25) is 15.9 Å². The molecule has 0 radical (unpaired) electrons. The van der Waals surface area contributed by atoms with Gasteiger partial charge in [0.05, 0.1) is 11.5 Å². The van der Waals surface area contributed by atoms with E-state index >= 15 is 0 Å². The molecule has 122 valence electrons. The summed E-state index contributed by atoms with van der Waals surface area (Å²) in [6.45, 7) is 0.714. The number of ether oxygens (including phenoxy) is 1. The van der Waals surface area contributed by atoms with Crippen LogP contribution in [0.3, 0.4) is 0 Å². The summed E-state index contributed by atoms with van der Waals surface area (Å²) >= 11 is 0. The van der Waals surface area contributed by atoms with Crippen molar-refractivity contribution in [2.45, 2.75) is 17.1 Å². The summed E-state index contributed by atoms with van der Waals surface area (Å²) in [4.78, 5) is 12.1. The molecule has 22 heavy (non-hydrogen) atoms. The van der Waals surface area contributed by atoms with Gasteiger partial charge in [-0.05, 0) is 12.1 Å². The van der Waals surface area contributed by atoms with Gasteiger partial charge in [-0.3, -0.25) is 4.79 Å². The molecule has 1 aromatic rings. The lowest BCUT2D eigenvalue weighted by Crippen LogP contribution is -2.55. The Balaban J connectivity index is 2.00. The van der Waals surface area contributed by atoms with Crippen molar-refractivity contribution in [3.8, 4) is 0 Å². The Morgan fingerprint density at radius 2 is 2.00 bits per heavy atom. The van der Waals surface area contributed by atoms with Crippen LogP contribution in [0.4, 0.5) is 0 Å². The maximum Gasteiger partial charge on any atom is 0.242 e. The smallest absolute Gasteiger partial charge is 0.242 e.